The fourth-order valence-electron chi connectivity index (χ4n) is 4.65. The summed E-state index contributed by atoms with van der Waals surface area (Å²) >= 11 is 12.4. The van der Waals surface area contributed by atoms with Crippen molar-refractivity contribution >= 4 is 50.7 Å². The zero-order valence-corrected chi connectivity index (χ0v) is 27.3. The molecule has 11 heteroatoms. The van der Waals surface area contributed by atoms with Crippen LogP contribution in [0, 0.1) is 0 Å². The Labute approximate surface area is 265 Å². The van der Waals surface area contributed by atoms with Gasteiger partial charge in [0, 0.05) is 32.0 Å². The van der Waals surface area contributed by atoms with E-state index < -0.39 is 16.1 Å². The Morgan fingerprint density at radius 3 is 2.19 bits per heavy atom. The summed E-state index contributed by atoms with van der Waals surface area (Å²) in [5.41, 5.74) is 2.09. The van der Waals surface area contributed by atoms with Crippen molar-refractivity contribution in [1.29, 1.82) is 0 Å². The lowest BCUT2D eigenvalue weighted by Crippen LogP contribution is -2.51. The van der Waals surface area contributed by atoms with E-state index >= 15 is 0 Å². The first kappa shape index (κ1) is 34.2. The van der Waals surface area contributed by atoms with Gasteiger partial charge in [-0.2, -0.15) is 0 Å². The number of ether oxygens (including phenoxy) is 1. The maximum Gasteiger partial charge on any atom is 0.243 e. The van der Waals surface area contributed by atoms with Gasteiger partial charge < -0.3 is 15.0 Å². The third-order valence-corrected chi connectivity index (χ3v) is 8.56. The van der Waals surface area contributed by atoms with Gasteiger partial charge in [0.1, 0.15) is 11.8 Å². The lowest BCUT2D eigenvalue weighted by Gasteiger charge is -2.32. The normalized spacial score (nSPS) is 12.1. The highest BCUT2D eigenvalue weighted by atomic mass is 35.5. The van der Waals surface area contributed by atoms with Crippen LogP contribution in [0.2, 0.25) is 10.0 Å². The maximum atomic E-state index is 13.9. The molecule has 8 nitrogen and oxygen atoms in total. The molecule has 0 aliphatic rings. The van der Waals surface area contributed by atoms with Gasteiger partial charge in [0.05, 0.1) is 28.6 Å². The molecule has 0 heterocycles. The average molecular weight is 649 g/mol. The molecule has 0 radical (unpaired) electrons. The predicted octanol–water partition coefficient (Wildman–Crippen LogP) is 6.10. The maximum absolute atomic E-state index is 13.9. The summed E-state index contributed by atoms with van der Waals surface area (Å²) in [5.74, 6) is 0.0717. The molecule has 3 rings (SSSR count). The standard InChI is InChI=1S/C32H39Cl2N3O5S/c1-5-42-27-16-14-26(15-17-27)37(43(4,40)41)19-9-12-31(38)36(22-25-13-18-28(33)29(34)20-25)30(32(39)35-23(2)3)21-24-10-7-6-8-11-24/h6-8,10-11,13-18,20,23,30H,5,9,12,19,21-22H2,1-4H3,(H,35,39)/t30-/m0/s1. The zero-order chi connectivity index (χ0) is 31.6. The first-order valence-corrected chi connectivity index (χ1v) is 16.8. The number of carbonyl (C=O) groups excluding carboxylic acids is 2. The van der Waals surface area contributed by atoms with Crippen LogP contribution in [0.25, 0.3) is 0 Å². The van der Waals surface area contributed by atoms with Crippen LogP contribution in [0.4, 0.5) is 5.69 Å². The van der Waals surface area contributed by atoms with Crippen LogP contribution in [-0.2, 0) is 32.6 Å². The number of nitrogens with zero attached hydrogens (tertiary/aromatic N) is 2. The minimum absolute atomic E-state index is 0.0185. The highest BCUT2D eigenvalue weighted by Crippen LogP contribution is 2.26. The molecule has 43 heavy (non-hydrogen) atoms. The summed E-state index contributed by atoms with van der Waals surface area (Å²) in [6, 6.07) is 20.4. The van der Waals surface area contributed by atoms with Crippen LogP contribution >= 0.6 is 23.2 Å². The highest BCUT2D eigenvalue weighted by Gasteiger charge is 2.31. The minimum Gasteiger partial charge on any atom is -0.494 e. The topological polar surface area (TPSA) is 96.0 Å². The molecule has 0 aromatic heterocycles. The van der Waals surface area contributed by atoms with Crippen LogP contribution in [-0.4, -0.2) is 56.6 Å². The van der Waals surface area contributed by atoms with Crippen molar-refractivity contribution in [3.8, 4) is 5.75 Å². The van der Waals surface area contributed by atoms with Crippen molar-refractivity contribution in [2.45, 2.75) is 58.7 Å². The number of benzene rings is 3. The highest BCUT2D eigenvalue weighted by molar-refractivity contribution is 7.92. The van der Waals surface area contributed by atoms with Crippen molar-refractivity contribution in [2.75, 3.05) is 23.7 Å². The van der Waals surface area contributed by atoms with Gasteiger partial charge >= 0.3 is 0 Å². The third-order valence-electron chi connectivity index (χ3n) is 6.63. The van der Waals surface area contributed by atoms with Gasteiger partial charge in [0.25, 0.3) is 0 Å². The molecule has 3 aromatic carbocycles. The van der Waals surface area contributed by atoms with Crippen LogP contribution in [0.3, 0.4) is 0 Å². The van der Waals surface area contributed by atoms with E-state index in [0.717, 1.165) is 11.8 Å². The quantitative estimate of drug-likeness (QED) is 0.215. The van der Waals surface area contributed by atoms with Crippen molar-refractivity contribution in [3.05, 3.63) is 94.0 Å². The lowest BCUT2D eigenvalue weighted by molar-refractivity contribution is -0.141. The van der Waals surface area contributed by atoms with Crippen molar-refractivity contribution < 1.29 is 22.7 Å². The number of carbonyl (C=O) groups is 2. The third kappa shape index (κ3) is 10.4. The van der Waals surface area contributed by atoms with Gasteiger partial charge in [0.15, 0.2) is 0 Å². The molecular formula is C32H39Cl2N3O5S. The Balaban J connectivity index is 1.88. The molecule has 232 valence electrons. The minimum atomic E-state index is -3.63. The van der Waals surface area contributed by atoms with E-state index in [9.17, 15) is 18.0 Å². The van der Waals surface area contributed by atoms with Crippen LogP contribution in [0.1, 0.15) is 44.7 Å². The molecule has 0 unspecified atom stereocenters. The predicted molar refractivity (Wildman–Crippen MR) is 173 cm³/mol. The van der Waals surface area contributed by atoms with Crippen molar-refractivity contribution in [1.82, 2.24) is 10.2 Å². The Kier molecular flexibility index (Phi) is 12.7. The largest absolute Gasteiger partial charge is 0.494 e. The van der Waals surface area contributed by atoms with Gasteiger partial charge in [-0.1, -0.05) is 59.6 Å². The number of sulfonamides is 1. The lowest BCUT2D eigenvalue weighted by atomic mass is 10.0. The Hall–Kier alpha value is -3.27. The Morgan fingerprint density at radius 2 is 1.60 bits per heavy atom. The number of hydrogen-bond donors (Lipinski definition) is 1. The van der Waals surface area contributed by atoms with Crippen molar-refractivity contribution in [2.24, 2.45) is 0 Å². The van der Waals surface area contributed by atoms with Gasteiger partial charge in [0.2, 0.25) is 21.8 Å². The van der Waals surface area contributed by atoms with E-state index in [-0.39, 0.29) is 43.8 Å². The van der Waals surface area contributed by atoms with E-state index in [1.165, 1.54) is 4.31 Å². The number of nitrogens with one attached hydrogen (secondary N) is 1. The Bertz CT molecular complexity index is 1470. The number of rotatable bonds is 15. The summed E-state index contributed by atoms with van der Waals surface area (Å²) in [5, 5.41) is 3.69. The number of anilines is 1. The second-order valence-corrected chi connectivity index (χ2v) is 13.2. The van der Waals surface area contributed by atoms with E-state index in [1.807, 2.05) is 51.1 Å². The van der Waals surface area contributed by atoms with Gasteiger partial charge in [-0.3, -0.25) is 13.9 Å². The number of halogens is 2. The molecule has 0 bridgehead atoms. The molecule has 0 spiro atoms. The summed E-state index contributed by atoms with van der Waals surface area (Å²) < 4.78 is 32.1. The monoisotopic (exact) mass is 647 g/mol. The second kappa shape index (κ2) is 16.0. The molecule has 0 saturated carbocycles. The molecular weight excluding hydrogens is 609 g/mol. The van der Waals surface area contributed by atoms with Gasteiger partial charge in [-0.25, -0.2) is 8.42 Å². The summed E-state index contributed by atoms with van der Waals surface area (Å²) in [4.78, 5) is 29.0. The second-order valence-electron chi connectivity index (χ2n) is 10.5. The van der Waals surface area contributed by atoms with E-state index in [0.29, 0.717) is 40.1 Å². The van der Waals surface area contributed by atoms with Crippen molar-refractivity contribution in [3.63, 3.8) is 0 Å². The molecule has 0 saturated heterocycles. The SMILES string of the molecule is CCOc1ccc(N(CCCC(=O)N(Cc2ccc(Cl)c(Cl)c2)[C@@H](Cc2ccccc2)C(=O)NC(C)C)S(C)(=O)=O)cc1. The number of hydrogen-bond acceptors (Lipinski definition) is 5. The summed E-state index contributed by atoms with van der Waals surface area (Å²) in [7, 11) is -3.63. The zero-order valence-electron chi connectivity index (χ0n) is 24.9. The van der Waals surface area contributed by atoms with Crippen LogP contribution < -0.4 is 14.4 Å². The van der Waals surface area contributed by atoms with Crippen LogP contribution in [0.15, 0.2) is 72.8 Å². The number of amides is 2. The average Bonchev–Trinajstić information content (AvgIpc) is 2.95. The van der Waals surface area contributed by atoms with E-state index in [4.69, 9.17) is 27.9 Å². The molecule has 0 aliphatic heterocycles. The van der Waals surface area contributed by atoms with Gasteiger partial charge in [-0.15, -0.1) is 0 Å². The first-order chi connectivity index (χ1) is 20.4. The molecule has 2 amide bonds. The molecule has 1 atom stereocenters. The van der Waals surface area contributed by atoms with E-state index in [2.05, 4.69) is 5.32 Å². The molecule has 1 N–H and O–H groups in total. The molecule has 0 aliphatic carbocycles. The fourth-order valence-corrected chi connectivity index (χ4v) is 5.93. The first-order valence-electron chi connectivity index (χ1n) is 14.2. The smallest absolute Gasteiger partial charge is 0.243 e. The molecule has 3 aromatic rings. The Morgan fingerprint density at radius 1 is 0.930 bits per heavy atom. The summed E-state index contributed by atoms with van der Waals surface area (Å²) in [6.45, 7) is 6.30. The molecule has 0 fully saturated rings. The summed E-state index contributed by atoms with van der Waals surface area (Å²) in [6.07, 6.45) is 1.69. The van der Waals surface area contributed by atoms with E-state index in [1.54, 1.807) is 47.4 Å². The van der Waals surface area contributed by atoms with Crippen LogP contribution in [0.5, 0.6) is 5.75 Å². The fraction of sp³-hybridized carbons (Fsp3) is 0.375. The van der Waals surface area contributed by atoms with Gasteiger partial charge in [-0.05, 0) is 74.7 Å².